The van der Waals surface area contributed by atoms with Gasteiger partial charge in [0.1, 0.15) is 5.82 Å². The SMILES string of the molecule is Cn1nccc1C(N)CSc1ccccc1F. The van der Waals surface area contributed by atoms with Crippen LogP contribution in [0.5, 0.6) is 0 Å². The third-order valence-electron chi connectivity index (χ3n) is 2.49. The van der Waals surface area contributed by atoms with Crippen molar-refractivity contribution in [3.63, 3.8) is 0 Å². The highest BCUT2D eigenvalue weighted by Crippen LogP contribution is 2.25. The fraction of sp³-hybridized carbons (Fsp3) is 0.250. The molecule has 1 atom stereocenters. The number of nitrogens with zero attached hydrogens (tertiary/aromatic N) is 2. The minimum Gasteiger partial charge on any atom is -0.322 e. The molecule has 2 aromatic rings. The molecule has 3 nitrogen and oxygen atoms in total. The average molecular weight is 251 g/mol. The predicted octanol–water partition coefficient (Wildman–Crippen LogP) is 2.35. The lowest BCUT2D eigenvalue weighted by atomic mass is 10.2. The molecule has 90 valence electrons. The first kappa shape index (κ1) is 12.1. The average Bonchev–Trinajstić information content (AvgIpc) is 2.74. The molecule has 1 unspecified atom stereocenters. The summed E-state index contributed by atoms with van der Waals surface area (Å²) >= 11 is 1.42. The van der Waals surface area contributed by atoms with Crippen LogP contribution in [0.25, 0.3) is 0 Å². The van der Waals surface area contributed by atoms with E-state index in [1.165, 1.54) is 17.8 Å². The summed E-state index contributed by atoms with van der Waals surface area (Å²) in [7, 11) is 1.85. The topological polar surface area (TPSA) is 43.8 Å². The van der Waals surface area contributed by atoms with Crippen LogP contribution in [0.2, 0.25) is 0 Å². The summed E-state index contributed by atoms with van der Waals surface area (Å²) in [5.74, 6) is 0.426. The van der Waals surface area contributed by atoms with Gasteiger partial charge in [0.05, 0.1) is 11.7 Å². The van der Waals surface area contributed by atoms with Gasteiger partial charge in [-0.25, -0.2) is 4.39 Å². The zero-order valence-corrected chi connectivity index (χ0v) is 10.3. The second-order valence-corrected chi connectivity index (χ2v) is 4.79. The Bertz CT molecular complexity index is 498. The molecule has 5 heteroatoms. The van der Waals surface area contributed by atoms with Crippen LogP contribution < -0.4 is 5.73 Å². The number of hydrogen-bond donors (Lipinski definition) is 1. The normalized spacial score (nSPS) is 12.6. The molecule has 0 radical (unpaired) electrons. The van der Waals surface area contributed by atoms with Crippen LogP contribution in [0.15, 0.2) is 41.4 Å². The second kappa shape index (κ2) is 5.33. The monoisotopic (exact) mass is 251 g/mol. The number of rotatable bonds is 4. The van der Waals surface area contributed by atoms with E-state index in [0.29, 0.717) is 10.6 Å². The third kappa shape index (κ3) is 2.87. The van der Waals surface area contributed by atoms with Gasteiger partial charge in [-0.05, 0) is 18.2 Å². The first-order valence-electron chi connectivity index (χ1n) is 5.29. The maximum absolute atomic E-state index is 13.4. The lowest BCUT2D eigenvalue weighted by molar-refractivity contribution is 0.601. The molecule has 2 rings (SSSR count). The van der Waals surface area contributed by atoms with Gasteiger partial charge in [-0.3, -0.25) is 4.68 Å². The molecule has 0 aliphatic carbocycles. The Morgan fingerprint density at radius 2 is 2.18 bits per heavy atom. The molecule has 0 aliphatic heterocycles. The van der Waals surface area contributed by atoms with Crippen molar-refractivity contribution in [2.75, 3.05) is 5.75 Å². The van der Waals surface area contributed by atoms with Crippen LogP contribution in [0.4, 0.5) is 4.39 Å². The molecule has 0 bridgehead atoms. The zero-order chi connectivity index (χ0) is 12.3. The summed E-state index contributed by atoms with van der Waals surface area (Å²) < 4.78 is 15.1. The Labute approximate surface area is 104 Å². The van der Waals surface area contributed by atoms with E-state index in [1.807, 2.05) is 19.2 Å². The summed E-state index contributed by atoms with van der Waals surface area (Å²) in [4.78, 5) is 0.630. The zero-order valence-electron chi connectivity index (χ0n) is 9.51. The Hall–Kier alpha value is -1.33. The summed E-state index contributed by atoms with van der Waals surface area (Å²) in [6.45, 7) is 0. The van der Waals surface area contributed by atoms with Crippen molar-refractivity contribution < 1.29 is 4.39 Å². The summed E-state index contributed by atoms with van der Waals surface area (Å²) in [6.07, 6.45) is 1.71. The van der Waals surface area contributed by atoms with Crippen molar-refractivity contribution in [3.05, 3.63) is 48.0 Å². The van der Waals surface area contributed by atoms with Crippen molar-refractivity contribution in [3.8, 4) is 0 Å². The number of benzene rings is 1. The molecule has 1 heterocycles. The van der Waals surface area contributed by atoms with Crippen molar-refractivity contribution in [2.24, 2.45) is 12.8 Å². The van der Waals surface area contributed by atoms with Crippen molar-refractivity contribution in [1.29, 1.82) is 0 Å². The maximum atomic E-state index is 13.4. The first-order valence-corrected chi connectivity index (χ1v) is 6.28. The van der Waals surface area contributed by atoms with Gasteiger partial charge in [-0.2, -0.15) is 5.10 Å². The molecule has 0 spiro atoms. The van der Waals surface area contributed by atoms with E-state index >= 15 is 0 Å². The number of halogens is 1. The lowest BCUT2D eigenvalue weighted by Crippen LogP contribution is -2.16. The van der Waals surface area contributed by atoms with Crippen LogP contribution >= 0.6 is 11.8 Å². The molecule has 0 saturated carbocycles. The number of aromatic nitrogens is 2. The molecule has 0 saturated heterocycles. The molecule has 17 heavy (non-hydrogen) atoms. The third-order valence-corrected chi connectivity index (χ3v) is 3.66. The quantitative estimate of drug-likeness (QED) is 0.848. The summed E-state index contributed by atoms with van der Waals surface area (Å²) in [5, 5.41) is 4.06. The molecule has 0 aliphatic rings. The van der Waals surface area contributed by atoms with Gasteiger partial charge >= 0.3 is 0 Å². The Kier molecular flexibility index (Phi) is 3.81. The smallest absolute Gasteiger partial charge is 0.136 e. The summed E-state index contributed by atoms with van der Waals surface area (Å²) in [5.41, 5.74) is 6.99. The molecule has 0 amide bonds. The highest BCUT2D eigenvalue weighted by atomic mass is 32.2. The van der Waals surface area contributed by atoms with E-state index in [4.69, 9.17) is 5.73 Å². The van der Waals surface area contributed by atoms with Gasteiger partial charge in [0.15, 0.2) is 0 Å². The lowest BCUT2D eigenvalue weighted by Gasteiger charge is -2.11. The van der Waals surface area contributed by atoms with Crippen LogP contribution in [-0.2, 0) is 7.05 Å². The fourth-order valence-corrected chi connectivity index (χ4v) is 2.49. The van der Waals surface area contributed by atoms with Gasteiger partial charge in [0.25, 0.3) is 0 Å². The molecule has 2 N–H and O–H groups in total. The molecule has 0 fully saturated rings. The standard InChI is InChI=1S/C12H14FN3S/c1-16-11(6-7-15-16)10(14)8-17-12-5-3-2-4-9(12)13/h2-7,10H,8,14H2,1H3. The Balaban J connectivity index is 2.00. The molecule has 1 aromatic carbocycles. The van der Waals surface area contributed by atoms with E-state index in [-0.39, 0.29) is 11.9 Å². The van der Waals surface area contributed by atoms with E-state index in [1.54, 1.807) is 23.0 Å². The van der Waals surface area contributed by atoms with Crippen molar-refractivity contribution in [1.82, 2.24) is 9.78 Å². The van der Waals surface area contributed by atoms with Crippen LogP contribution in [0.1, 0.15) is 11.7 Å². The number of aryl methyl sites for hydroxylation is 1. The van der Waals surface area contributed by atoms with Gasteiger partial charge in [0.2, 0.25) is 0 Å². The molecule has 1 aromatic heterocycles. The van der Waals surface area contributed by atoms with Gasteiger partial charge in [0, 0.05) is 23.9 Å². The van der Waals surface area contributed by atoms with Crippen molar-refractivity contribution in [2.45, 2.75) is 10.9 Å². The largest absolute Gasteiger partial charge is 0.322 e. The highest BCUT2D eigenvalue weighted by Gasteiger charge is 2.11. The highest BCUT2D eigenvalue weighted by molar-refractivity contribution is 7.99. The van der Waals surface area contributed by atoms with E-state index in [2.05, 4.69) is 5.10 Å². The number of thioether (sulfide) groups is 1. The van der Waals surface area contributed by atoms with Crippen LogP contribution in [0, 0.1) is 5.82 Å². The van der Waals surface area contributed by atoms with Gasteiger partial charge in [-0.1, -0.05) is 12.1 Å². The predicted molar refractivity (Wildman–Crippen MR) is 67.3 cm³/mol. The van der Waals surface area contributed by atoms with Gasteiger partial charge < -0.3 is 5.73 Å². The Morgan fingerprint density at radius 3 is 2.82 bits per heavy atom. The number of nitrogens with two attached hydrogens (primary N) is 1. The van der Waals surface area contributed by atoms with Gasteiger partial charge in [-0.15, -0.1) is 11.8 Å². The fourth-order valence-electron chi connectivity index (χ4n) is 1.57. The maximum Gasteiger partial charge on any atom is 0.136 e. The molecular weight excluding hydrogens is 237 g/mol. The number of hydrogen-bond acceptors (Lipinski definition) is 3. The summed E-state index contributed by atoms with van der Waals surface area (Å²) in [6, 6.07) is 8.45. The van der Waals surface area contributed by atoms with E-state index in [9.17, 15) is 4.39 Å². The van der Waals surface area contributed by atoms with Crippen molar-refractivity contribution >= 4 is 11.8 Å². The van der Waals surface area contributed by atoms with E-state index in [0.717, 1.165) is 5.69 Å². The minimum atomic E-state index is -0.199. The van der Waals surface area contributed by atoms with Crippen LogP contribution in [-0.4, -0.2) is 15.5 Å². The van der Waals surface area contributed by atoms with E-state index < -0.39 is 0 Å². The van der Waals surface area contributed by atoms with Crippen LogP contribution in [0.3, 0.4) is 0 Å². The second-order valence-electron chi connectivity index (χ2n) is 3.73. The first-order chi connectivity index (χ1) is 8.18. The Morgan fingerprint density at radius 1 is 1.41 bits per heavy atom. The molecular formula is C12H14FN3S. The minimum absolute atomic E-state index is 0.146.